The molecule has 5 nitrogen and oxygen atoms in total. The first-order valence-corrected chi connectivity index (χ1v) is 9.05. The minimum atomic E-state index is -1.34. The van der Waals surface area contributed by atoms with Gasteiger partial charge in [-0.2, -0.15) is 0 Å². The molecule has 0 bridgehead atoms. The molecule has 0 radical (unpaired) electrons. The molecule has 1 aliphatic heterocycles. The largest absolute Gasteiger partial charge is 0.492 e. The van der Waals surface area contributed by atoms with Gasteiger partial charge in [-0.1, -0.05) is 42.5 Å². The number of piperidine rings is 1. The molecule has 1 saturated heterocycles. The van der Waals surface area contributed by atoms with E-state index in [2.05, 4.69) is 41.3 Å². The number of rotatable bonds is 7. The van der Waals surface area contributed by atoms with Crippen LogP contribution in [0.5, 0.6) is 5.75 Å². The highest BCUT2D eigenvalue weighted by molar-refractivity contribution is 5.83. The molecule has 0 unspecified atom stereocenters. The van der Waals surface area contributed by atoms with E-state index in [-0.39, 0.29) is 0 Å². The summed E-state index contributed by atoms with van der Waals surface area (Å²) < 4.78 is 5.82. The number of amides is 1. The van der Waals surface area contributed by atoms with E-state index in [4.69, 9.17) is 10.5 Å². The first-order valence-electron chi connectivity index (χ1n) is 9.05. The van der Waals surface area contributed by atoms with Crippen molar-refractivity contribution in [3.05, 3.63) is 65.7 Å². The molecular weight excluding hydrogens is 328 g/mol. The summed E-state index contributed by atoms with van der Waals surface area (Å²) in [6, 6.07) is 18.6. The summed E-state index contributed by atoms with van der Waals surface area (Å²) in [6.07, 6.45) is 1.69. The fourth-order valence-electron chi connectivity index (χ4n) is 3.22. The number of ether oxygens (including phenoxy) is 1. The minimum Gasteiger partial charge on any atom is -0.492 e. The summed E-state index contributed by atoms with van der Waals surface area (Å²) in [5.74, 6) is 0.233. The van der Waals surface area contributed by atoms with E-state index in [1.54, 1.807) is 0 Å². The first kappa shape index (κ1) is 18.4. The normalized spacial score (nSPS) is 17.0. The topological polar surface area (TPSA) is 75.8 Å². The van der Waals surface area contributed by atoms with Gasteiger partial charge in [0.2, 0.25) is 5.91 Å². The van der Waals surface area contributed by atoms with Crippen molar-refractivity contribution in [2.45, 2.75) is 24.9 Å². The van der Waals surface area contributed by atoms with Crippen LogP contribution in [0.15, 0.2) is 54.6 Å². The number of hydrogen-bond donors (Lipinski definition) is 2. The molecule has 2 aromatic rings. The van der Waals surface area contributed by atoms with Crippen LogP contribution in [0.25, 0.3) is 0 Å². The summed E-state index contributed by atoms with van der Waals surface area (Å²) in [5, 5.41) is 10.1. The number of primary amides is 1. The smallest absolute Gasteiger partial charge is 0.249 e. The predicted molar refractivity (Wildman–Crippen MR) is 101 cm³/mol. The van der Waals surface area contributed by atoms with Gasteiger partial charge in [0.1, 0.15) is 18.0 Å². The summed E-state index contributed by atoms with van der Waals surface area (Å²) in [4.78, 5) is 13.4. The number of aliphatic hydroxyl groups is 1. The van der Waals surface area contributed by atoms with Gasteiger partial charge >= 0.3 is 0 Å². The number of hydrogen-bond acceptors (Lipinski definition) is 4. The Morgan fingerprint density at radius 2 is 1.65 bits per heavy atom. The second-order valence-corrected chi connectivity index (χ2v) is 6.89. The fourth-order valence-corrected chi connectivity index (χ4v) is 3.22. The molecule has 0 spiro atoms. The van der Waals surface area contributed by atoms with Crippen molar-refractivity contribution in [2.75, 3.05) is 26.2 Å². The highest BCUT2D eigenvalue weighted by Gasteiger charge is 2.37. The third kappa shape index (κ3) is 4.84. The Morgan fingerprint density at radius 3 is 2.27 bits per heavy atom. The zero-order valence-electron chi connectivity index (χ0n) is 14.9. The van der Waals surface area contributed by atoms with E-state index >= 15 is 0 Å². The molecule has 1 aliphatic rings. The zero-order chi connectivity index (χ0) is 18.4. The predicted octanol–water partition coefficient (Wildman–Crippen LogP) is 1.97. The number of carbonyl (C=O) groups is 1. The van der Waals surface area contributed by atoms with E-state index in [0.717, 1.165) is 18.7 Å². The molecule has 1 fully saturated rings. The number of nitrogens with two attached hydrogens (primary N) is 1. The molecule has 0 saturated carbocycles. The van der Waals surface area contributed by atoms with Gasteiger partial charge in [-0.3, -0.25) is 9.69 Å². The van der Waals surface area contributed by atoms with E-state index < -0.39 is 11.5 Å². The Kier molecular flexibility index (Phi) is 5.91. The van der Waals surface area contributed by atoms with Crippen molar-refractivity contribution in [2.24, 2.45) is 5.73 Å². The van der Waals surface area contributed by atoms with E-state index in [1.807, 2.05) is 18.2 Å². The minimum absolute atomic E-state index is 0.385. The molecular formula is C21H26N2O3. The van der Waals surface area contributed by atoms with Gasteiger partial charge in [-0.25, -0.2) is 0 Å². The van der Waals surface area contributed by atoms with Gasteiger partial charge < -0.3 is 15.6 Å². The Hall–Kier alpha value is -2.37. The quantitative estimate of drug-likeness (QED) is 0.797. The molecule has 138 valence electrons. The van der Waals surface area contributed by atoms with Gasteiger partial charge in [0.05, 0.1) is 0 Å². The Balaban J connectivity index is 1.41. The number of benzene rings is 2. The standard InChI is InChI=1S/C21H26N2O3/c22-20(24)21(25)10-12-23(13-11-21)14-15-26-19-8-6-18(7-9-19)16-17-4-2-1-3-5-17/h1-9,25H,10-16H2,(H2,22,24). The molecule has 1 amide bonds. The van der Waals surface area contributed by atoms with Crippen molar-refractivity contribution in [1.29, 1.82) is 0 Å². The van der Waals surface area contributed by atoms with Gasteiger partial charge in [0.25, 0.3) is 0 Å². The molecule has 0 atom stereocenters. The molecule has 1 heterocycles. The Morgan fingerprint density at radius 1 is 1.04 bits per heavy atom. The summed E-state index contributed by atoms with van der Waals surface area (Å²) in [7, 11) is 0. The van der Waals surface area contributed by atoms with E-state index in [9.17, 15) is 9.90 Å². The van der Waals surface area contributed by atoms with Crippen LogP contribution in [-0.2, 0) is 11.2 Å². The van der Waals surface area contributed by atoms with Gasteiger partial charge in [0, 0.05) is 19.6 Å². The lowest BCUT2D eigenvalue weighted by Crippen LogP contribution is -2.52. The third-order valence-electron chi connectivity index (χ3n) is 4.99. The Labute approximate surface area is 154 Å². The highest BCUT2D eigenvalue weighted by atomic mass is 16.5. The SMILES string of the molecule is NC(=O)C1(O)CCN(CCOc2ccc(Cc3ccccc3)cc2)CC1. The van der Waals surface area contributed by atoms with Crippen LogP contribution < -0.4 is 10.5 Å². The van der Waals surface area contributed by atoms with Crippen molar-refractivity contribution in [3.63, 3.8) is 0 Å². The maximum absolute atomic E-state index is 11.3. The van der Waals surface area contributed by atoms with Gasteiger partial charge in [0.15, 0.2) is 0 Å². The van der Waals surface area contributed by atoms with Crippen molar-refractivity contribution >= 4 is 5.91 Å². The molecule has 0 aliphatic carbocycles. The monoisotopic (exact) mass is 354 g/mol. The summed E-state index contributed by atoms with van der Waals surface area (Å²) in [5.41, 5.74) is 6.46. The van der Waals surface area contributed by atoms with Crippen LogP contribution in [0.1, 0.15) is 24.0 Å². The fraction of sp³-hybridized carbons (Fsp3) is 0.381. The van der Waals surface area contributed by atoms with Crippen LogP contribution in [0.4, 0.5) is 0 Å². The molecule has 3 N–H and O–H groups in total. The van der Waals surface area contributed by atoms with Crippen LogP contribution >= 0.6 is 0 Å². The number of nitrogens with zero attached hydrogens (tertiary/aromatic N) is 1. The Bertz CT molecular complexity index is 708. The van der Waals surface area contributed by atoms with Gasteiger partial charge in [-0.15, -0.1) is 0 Å². The average Bonchev–Trinajstić information content (AvgIpc) is 2.66. The third-order valence-corrected chi connectivity index (χ3v) is 4.99. The van der Waals surface area contributed by atoms with E-state index in [0.29, 0.717) is 32.5 Å². The summed E-state index contributed by atoms with van der Waals surface area (Å²) in [6.45, 7) is 2.64. The highest BCUT2D eigenvalue weighted by Crippen LogP contribution is 2.21. The first-order chi connectivity index (χ1) is 12.5. The molecule has 3 rings (SSSR count). The number of carbonyl (C=O) groups excluding carboxylic acids is 1. The van der Waals surface area contributed by atoms with Crippen LogP contribution in [0.3, 0.4) is 0 Å². The summed E-state index contributed by atoms with van der Waals surface area (Å²) >= 11 is 0. The zero-order valence-corrected chi connectivity index (χ0v) is 14.9. The van der Waals surface area contributed by atoms with Crippen molar-refractivity contribution < 1.29 is 14.6 Å². The average molecular weight is 354 g/mol. The number of likely N-dealkylation sites (tertiary alicyclic amines) is 1. The second kappa shape index (κ2) is 8.34. The molecule has 0 aromatic heterocycles. The lowest BCUT2D eigenvalue weighted by Gasteiger charge is -2.35. The lowest BCUT2D eigenvalue weighted by molar-refractivity contribution is -0.141. The molecule has 2 aromatic carbocycles. The van der Waals surface area contributed by atoms with Crippen LogP contribution in [0, 0.1) is 0 Å². The van der Waals surface area contributed by atoms with Crippen molar-refractivity contribution in [1.82, 2.24) is 4.90 Å². The maximum Gasteiger partial charge on any atom is 0.249 e. The van der Waals surface area contributed by atoms with Crippen LogP contribution in [-0.4, -0.2) is 47.8 Å². The lowest BCUT2D eigenvalue weighted by atomic mass is 9.91. The maximum atomic E-state index is 11.3. The molecule has 5 heteroatoms. The second-order valence-electron chi connectivity index (χ2n) is 6.89. The van der Waals surface area contributed by atoms with E-state index in [1.165, 1.54) is 11.1 Å². The van der Waals surface area contributed by atoms with Crippen molar-refractivity contribution in [3.8, 4) is 5.75 Å². The van der Waals surface area contributed by atoms with Gasteiger partial charge in [-0.05, 0) is 42.5 Å². The molecule has 26 heavy (non-hydrogen) atoms. The van der Waals surface area contributed by atoms with Crippen LogP contribution in [0.2, 0.25) is 0 Å².